The number of hydrogen-bond acceptors (Lipinski definition) is 2. The highest BCUT2D eigenvalue weighted by Gasteiger charge is 2.29. The molecular weight excluding hydrogens is 248 g/mol. The largest absolute Gasteiger partial charge is 0.396 e. The van der Waals surface area contributed by atoms with Gasteiger partial charge in [0.1, 0.15) is 5.78 Å². The first-order valence-electron chi connectivity index (χ1n) is 8.95. The van der Waals surface area contributed by atoms with E-state index in [0.717, 1.165) is 18.8 Å². The molecule has 2 heteroatoms. The van der Waals surface area contributed by atoms with Crippen LogP contribution in [-0.2, 0) is 4.79 Å². The average Bonchev–Trinajstić information content (AvgIpc) is 2.52. The molecule has 116 valence electrons. The van der Waals surface area contributed by atoms with Gasteiger partial charge in [-0.25, -0.2) is 0 Å². The van der Waals surface area contributed by atoms with Crippen molar-refractivity contribution in [3.05, 3.63) is 0 Å². The van der Waals surface area contributed by atoms with E-state index in [1.165, 1.54) is 64.2 Å². The second-order valence-electron chi connectivity index (χ2n) is 7.03. The highest BCUT2D eigenvalue weighted by molar-refractivity contribution is 5.81. The third-order valence-electron chi connectivity index (χ3n) is 5.60. The molecule has 1 atom stereocenters. The Morgan fingerprint density at radius 2 is 1.55 bits per heavy atom. The number of rotatable bonds is 7. The lowest BCUT2D eigenvalue weighted by atomic mass is 9.75. The molecule has 0 aromatic carbocycles. The molecule has 2 nitrogen and oxygen atoms in total. The van der Waals surface area contributed by atoms with Crippen LogP contribution < -0.4 is 0 Å². The van der Waals surface area contributed by atoms with Gasteiger partial charge in [0.25, 0.3) is 0 Å². The molecule has 1 unspecified atom stereocenters. The molecule has 2 aliphatic rings. The van der Waals surface area contributed by atoms with Gasteiger partial charge < -0.3 is 5.11 Å². The molecule has 0 bridgehead atoms. The van der Waals surface area contributed by atoms with Crippen LogP contribution >= 0.6 is 0 Å². The Morgan fingerprint density at radius 1 is 0.950 bits per heavy atom. The molecule has 0 heterocycles. The van der Waals surface area contributed by atoms with Crippen LogP contribution in [0.15, 0.2) is 0 Å². The van der Waals surface area contributed by atoms with Crippen molar-refractivity contribution in [1.29, 1.82) is 0 Å². The number of aliphatic hydroxyl groups is 1. The molecule has 2 fully saturated rings. The molecule has 0 aromatic rings. The van der Waals surface area contributed by atoms with Gasteiger partial charge in [0.15, 0.2) is 0 Å². The predicted molar refractivity (Wildman–Crippen MR) is 82.6 cm³/mol. The Kier molecular flexibility index (Phi) is 7.06. The van der Waals surface area contributed by atoms with Crippen molar-refractivity contribution in [2.75, 3.05) is 6.61 Å². The van der Waals surface area contributed by atoms with E-state index in [1.807, 2.05) is 0 Å². The maximum Gasteiger partial charge on any atom is 0.136 e. The Labute approximate surface area is 124 Å². The van der Waals surface area contributed by atoms with Crippen molar-refractivity contribution in [1.82, 2.24) is 0 Å². The summed E-state index contributed by atoms with van der Waals surface area (Å²) in [6.07, 6.45) is 15.7. The summed E-state index contributed by atoms with van der Waals surface area (Å²) >= 11 is 0. The van der Waals surface area contributed by atoms with Gasteiger partial charge in [0.2, 0.25) is 0 Å². The van der Waals surface area contributed by atoms with Crippen LogP contribution in [-0.4, -0.2) is 17.5 Å². The number of carbonyl (C=O) groups is 1. The molecule has 0 aliphatic heterocycles. The van der Waals surface area contributed by atoms with Gasteiger partial charge in [-0.05, 0) is 37.5 Å². The van der Waals surface area contributed by atoms with Crippen LogP contribution in [0.1, 0.15) is 83.5 Å². The summed E-state index contributed by atoms with van der Waals surface area (Å²) in [6, 6.07) is 0. The first-order valence-corrected chi connectivity index (χ1v) is 8.95. The lowest BCUT2D eigenvalue weighted by Gasteiger charge is -2.29. The zero-order valence-electron chi connectivity index (χ0n) is 13.0. The topological polar surface area (TPSA) is 37.3 Å². The van der Waals surface area contributed by atoms with Crippen LogP contribution in [0.25, 0.3) is 0 Å². The lowest BCUT2D eigenvalue weighted by molar-refractivity contribution is -0.126. The van der Waals surface area contributed by atoms with E-state index >= 15 is 0 Å². The van der Waals surface area contributed by atoms with Gasteiger partial charge in [0, 0.05) is 18.9 Å². The quantitative estimate of drug-likeness (QED) is 0.745. The number of Topliss-reactive ketones (excluding diaryl/α,β-unsaturated/α-hetero) is 1. The monoisotopic (exact) mass is 280 g/mol. The van der Waals surface area contributed by atoms with Crippen molar-refractivity contribution >= 4 is 5.78 Å². The van der Waals surface area contributed by atoms with Gasteiger partial charge >= 0.3 is 0 Å². The number of hydrogen-bond donors (Lipinski definition) is 1. The highest BCUT2D eigenvalue weighted by Crippen LogP contribution is 2.34. The fourth-order valence-electron chi connectivity index (χ4n) is 4.34. The maximum atomic E-state index is 12.6. The van der Waals surface area contributed by atoms with Gasteiger partial charge in [-0.1, -0.05) is 51.4 Å². The first kappa shape index (κ1) is 16.0. The molecular formula is C18H32O2. The summed E-state index contributed by atoms with van der Waals surface area (Å²) in [5.74, 6) is 1.98. The third kappa shape index (κ3) is 4.87. The van der Waals surface area contributed by atoms with Crippen molar-refractivity contribution < 1.29 is 9.90 Å². The summed E-state index contributed by atoms with van der Waals surface area (Å²) in [5, 5.41) is 9.28. The van der Waals surface area contributed by atoms with Gasteiger partial charge in [-0.2, -0.15) is 0 Å². The smallest absolute Gasteiger partial charge is 0.136 e. The number of carbonyl (C=O) groups excluding carboxylic acids is 1. The van der Waals surface area contributed by atoms with Crippen molar-refractivity contribution in [3.63, 3.8) is 0 Å². The molecule has 2 aliphatic carbocycles. The van der Waals surface area contributed by atoms with Crippen LogP contribution in [0.3, 0.4) is 0 Å². The minimum absolute atomic E-state index is 0.156. The first-order chi connectivity index (χ1) is 9.81. The van der Waals surface area contributed by atoms with E-state index in [4.69, 9.17) is 0 Å². The van der Waals surface area contributed by atoms with Crippen LogP contribution in [0, 0.1) is 17.8 Å². The van der Waals surface area contributed by atoms with Crippen LogP contribution in [0.4, 0.5) is 0 Å². The molecule has 2 rings (SSSR count). The zero-order chi connectivity index (χ0) is 14.2. The maximum absolute atomic E-state index is 12.6. The highest BCUT2D eigenvalue weighted by atomic mass is 16.3. The normalized spacial score (nSPS) is 23.6. The second-order valence-corrected chi connectivity index (χ2v) is 7.03. The van der Waals surface area contributed by atoms with Gasteiger partial charge in [-0.3, -0.25) is 4.79 Å². The van der Waals surface area contributed by atoms with Gasteiger partial charge in [0.05, 0.1) is 0 Å². The molecule has 0 radical (unpaired) electrons. The van der Waals surface area contributed by atoms with E-state index in [-0.39, 0.29) is 12.5 Å². The molecule has 0 aromatic heterocycles. The molecule has 0 spiro atoms. The summed E-state index contributed by atoms with van der Waals surface area (Å²) in [4.78, 5) is 12.6. The fraction of sp³-hybridized carbons (Fsp3) is 0.944. The number of ketones is 1. The minimum atomic E-state index is 0.156. The second kappa shape index (κ2) is 8.81. The lowest BCUT2D eigenvalue weighted by Crippen LogP contribution is -2.27. The Hall–Kier alpha value is -0.370. The summed E-state index contributed by atoms with van der Waals surface area (Å²) in [6.45, 7) is 0.177. The number of aliphatic hydroxyl groups excluding tert-OH is 1. The molecule has 0 saturated heterocycles. The molecule has 0 amide bonds. The Bertz CT molecular complexity index is 275. The summed E-state index contributed by atoms with van der Waals surface area (Å²) < 4.78 is 0. The Morgan fingerprint density at radius 3 is 2.15 bits per heavy atom. The summed E-state index contributed by atoms with van der Waals surface area (Å²) in [5.41, 5.74) is 0. The zero-order valence-corrected chi connectivity index (χ0v) is 13.0. The third-order valence-corrected chi connectivity index (χ3v) is 5.60. The Balaban J connectivity index is 1.79. The van der Waals surface area contributed by atoms with Crippen molar-refractivity contribution in [2.24, 2.45) is 17.8 Å². The van der Waals surface area contributed by atoms with E-state index in [9.17, 15) is 9.90 Å². The summed E-state index contributed by atoms with van der Waals surface area (Å²) in [7, 11) is 0. The van der Waals surface area contributed by atoms with Crippen LogP contribution in [0.5, 0.6) is 0 Å². The predicted octanol–water partition coefficient (Wildman–Crippen LogP) is 4.49. The van der Waals surface area contributed by atoms with E-state index < -0.39 is 0 Å². The molecule has 1 N–H and O–H groups in total. The standard InChI is InChI=1S/C18H32O2/c19-14-13-17(16-9-5-2-6-10-16)18(20)12-11-15-7-3-1-4-8-15/h15-17,19H,1-14H2. The van der Waals surface area contributed by atoms with E-state index in [1.54, 1.807) is 0 Å². The van der Waals surface area contributed by atoms with E-state index in [0.29, 0.717) is 18.1 Å². The minimum Gasteiger partial charge on any atom is -0.396 e. The SMILES string of the molecule is O=C(CCC1CCCCC1)C(CCO)C1CCCCC1. The molecule has 20 heavy (non-hydrogen) atoms. The van der Waals surface area contributed by atoms with Crippen LogP contribution in [0.2, 0.25) is 0 Å². The van der Waals surface area contributed by atoms with Crippen molar-refractivity contribution in [3.8, 4) is 0 Å². The average molecular weight is 280 g/mol. The van der Waals surface area contributed by atoms with Gasteiger partial charge in [-0.15, -0.1) is 0 Å². The van der Waals surface area contributed by atoms with Crippen molar-refractivity contribution in [2.45, 2.75) is 83.5 Å². The fourth-order valence-corrected chi connectivity index (χ4v) is 4.34. The van der Waals surface area contributed by atoms with E-state index in [2.05, 4.69) is 0 Å². The molecule has 2 saturated carbocycles.